The predicted octanol–water partition coefficient (Wildman–Crippen LogP) is 5.33. The first-order chi connectivity index (χ1) is 13.1. The zero-order valence-electron chi connectivity index (χ0n) is 14.4. The van der Waals surface area contributed by atoms with Gasteiger partial charge in [-0.15, -0.1) is 0 Å². The normalized spacial score (nSPS) is 14.8. The van der Waals surface area contributed by atoms with Gasteiger partial charge in [0.05, 0.1) is 22.7 Å². The molecule has 1 atom stereocenters. The van der Waals surface area contributed by atoms with E-state index < -0.39 is 0 Å². The summed E-state index contributed by atoms with van der Waals surface area (Å²) >= 11 is 11.2. The van der Waals surface area contributed by atoms with Gasteiger partial charge in [0.15, 0.2) is 0 Å². The standard InChI is InChI=1S/C15H14N2O2.C6H4Cl2/c18-15(11-5-2-1-3-6-11)17-12-8-10-19-13-7-4-9-16-14(12)13;7-5-3-1-2-4-6(5)8/h1-7,9,12H,8,10H2,(H,17,18);1-4H. The van der Waals surface area contributed by atoms with E-state index >= 15 is 0 Å². The molecular formula is C21H18Cl2N2O2. The van der Waals surface area contributed by atoms with Crippen LogP contribution in [0.15, 0.2) is 72.9 Å². The minimum Gasteiger partial charge on any atom is -0.491 e. The molecule has 4 nitrogen and oxygen atoms in total. The van der Waals surface area contributed by atoms with Crippen molar-refractivity contribution in [1.82, 2.24) is 10.3 Å². The fourth-order valence-electron chi connectivity index (χ4n) is 2.62. The van der Waals surface area contributed by atoms with E-state index in [2.05, 4.69) is 10.3 Å². The van der Waals surface area contributed by atoms with Crippen LogP contribution in [0.2, 0.25) is 10.0 Å². The maximum atomic E-state index is 12.1. The smallest absolute Gasteiger partial charge is 0.251 e. The summed E-state index contributed by atoms with van der Waals surface area (Å²) < 4.78 is 5.53. The van der Waals surface area contributed by atoms with Crippen molar-refractivity contribution in [3.8, 4) is 5.75 Å². The molecule has 3 aromatic rings. The second-order valence-corrected chi connectivity index (χ2v) is 6.64. The third kappa shape index (κ3) is 5.22. The van der Waals surface area contributed by atoms with Gasteiger partial charge < -0.3 is 10.1 Å². The van der Waals surface area contributed by atoms with E-state index in [-0.39, 0.29) is 11.9 Å². The summed E-state index contributed by atoms with van der Waals surface area (Å²) in [5.74, 6) is 0.677. The number of fused-ring (bicyclic) bond motifs is 1. The van der Waals surface area contributed by atoms with Gasteiger partial charge in [0.2, 0.25) is 0 Å². The topological polar surface area (TPSA) is 51.2 Å². The molecule has 0 radical (unpaired) electrons. The third-order valence-electron chi connectivity index (χ3n) is 3.96. The average Bonchev–Trinajstić information content (AvgIpc) is 2.72. The highest BCUT2D eigenvalue weighted by Gasteiger charge is 2.24. The number of amides is 1. The number of rotatable bonds is 2. The summed E-state index contributed by atoms with van der Waals surface area (Å²) in [4.78, 5) is 16.5. The Morgan fingerprint density at radius 1 is 0.963 bits per heavy atom. The van der Waals surface area contributed by atoms with Crippen LogP contribution in [0.5, 0.6) is 5.75 Å². The Kier molecular flexibility index (Phi) is 6.69. The van der Waals surface area contributed by atoms with Crippen LogP contribution < -0.4 is 10.1 Å². The van der Waals surface area contributed by atoms with Gasteiger partial charge in [-0.25, -0.2) is 0 Å². The molecule has 0 fully saturated rings. The Hall–Kier alpha value is -2.56. The Morgan fingerprint density at radius 3 is 2.30 bits per heavy atom. The highest BCUT2D eigenvalue weighted by molar-refractivity contribution is 6.41. The number of carbonyl (C=O) groups is 1. The molecule has 1 N–H and O–H groups in total. The van der Waals surface area contributed by atoms with Crippen LogP contribution in [-0.2, 0) is 0 Å². The van der Waals surface area contributed by atoms with Crippen molar-refractivity contribution in [1.29, 1.82) is 0 Å². The van der Waals surface area contributed by atoms with E-state index in [9.17, 15) is 4.79 Å². The maximum absolute atomic E-state index is 12.1. The molecule has 0 spiro atoms. The molecule has 138 valence electrons. The molecule has 0 bridgehead atoms. The van der Waals surface area contributed by atoms with Gasteiger partial charge in [0, 0.05) is 18.2 Å². The van der Waals surface area contributed by atoms with E-state index in [1.54, 1.807) is 30.5 Å². The van der Waals surface area contributed by atoms with Gasteiger partial charge in [-0.05, 0) is 36.4 Å². The van der Waals surface area contributed by atoms with Crippen LogP contribution >= 0.6 is 23.2 Å². The quantitative estimate of drug-likeness (QED) is 0.632. The van der Waals surface area contributed by atoms with Crippen LogP contribution in [0.25, 0.3) is 0 Å². The largest absolute Gasteiger partial charge is 0.491 e. The first-order valence-corrected chi connectivity index (χ1v) is 9.24. The predicted molar refractivity (Wildman–Crippen MR) is 107 cm³/mol. The first-order valence-electron chi connectivity index (χ1n) is 8.49. The van der Waals surface area contributed by atoms with Crippen LogP contribution in [-0.4, -0.2) is 17.5 Å². The summed E-state index contributed by atoms with van der Waals surface area (Å²) in [5.41, 5.74) is 1.46. The minimum atomic E-state index is -0.0855. The number of nitrogens with zero attached hydrogens (tertiary/aromatic N) is 1. The third-order valence-corrected chi connectivity index (χ3v) is 4.72. The monoisotopic (exact) mass is 400 g/mol. The molecule has 1 unspecified atom stereocenters. The summed E-state index contributed by atoms with van der Waals surface area (Å²) in [5, 5.41) is 4.22. The second kappa shape index (κ2) is 9.40. The van der Waals surface area contributed by atoms with Crippen molar-refractivity contribution in [2.75, 3.05) is 6.61 Å². The molecule has 1 aliphatic heterocycles. The lowest BCUT2D eigenvalue weighted by molar-refractivity contribution is 0.0923. The second-order valence-electron chi connectivity index (χ2n) is 5.83. The lowest BCUT2D eigenvalue weighted by Crippen LogP contribution is -2.32. The molecule has 27 heavy (non-hydrogen) atoms. The van der Waals surface area contributed by atoms with Crippen molar-refractivity contribution in [3.05, 3.63) is 94.2 Å². The maximum Gasteiger partial charge on any atom is 0.251 e. The lowest BCUT2D eigenvalue weighted by atomic mass is 10.1. The number of ether oxygens (including phenoxy) is 1. The summed E-state index contributed by atoms with van der Waals surface area (Å²) in [6.45, 7) is 0.596. The summed E-state index contributed by atoms with van der Waals surface area (Å²) in [6, 6.07) is 20.0. The zero-order chi connectivity index (χ0) is 19.1. The van der Waals surface area contributed by atoms with Crippen LogP contribution in [0.3, 0.4) is 0 Å². The highest BCUT2D eigenvalue weighted by Crippen LogP contribution is 2.29. The molecule has 0 saturated heterocycles. The van der Waals surface area contributed by atoms with E-state index in [0.29, 0.717) is 22.2 Å². The average molecular weight is 401 g/mol. The van der Waals surface area contributed by atoms with Gasteiger partial charge in [0.25, 0.3) is 5.91 Å². The van der Waals surface area contributed by atoms with Crippen molar-refractivity contribution in [2.24, 2.45) is 0 Å². The Morgan fingerprint density at radius 2 is 1.63 bits per heavy atom. The van der Waals surface area contributed by atoms with E-state index in [1.165, 1.54) is 0 Å². The number of aromatic nitrogens is 1. The van der Waals surface area contributed by atoms with Crippen LogP contribution in [0.1, 0.15) is 28.5 Å². The Labute approximate surface area is 168 Å². The first kappa shape index (κ1) is 19.2. The van der Waals surface area contributed by atoms with Crippen molar-refractivity contribution in [3.63, 3.8) is 0 Å². The molecule has 0 aliphatic carbocycles. The SMILES string of the molecule is Clc1ccccc1Cl.O=C(NC1CCOc2cccnc21)c1ccccc1. The van der Waals surface area contributed by atoms with Crippen molar-refractivity contribution in [2.45, 2.75) is 12.5 Å². The number of pyridine rings is 1. The molecule has 1 aliphatic rings. The number of halogens is 2. The Bertz CT molecular complexity index is 882. The summed E-state index contributed by atoms with van der Waals surface area (Å²) in [7, 11) is 0. The molecule has 0 saturated carbocycles. The van der Waals surface area contributed by atoms with E-state index in [1.807, 2.05) is 42.5 Å². The zero-order valence-corrected chi connectivity index (χ0v) is 16.0. The van der Waals surface area contributed by atoms with Gasteiger partial charge in [-0.3, -0.25) is 9.78 Å². The van der Waals surface area contributed by atoms with E-state index in [4.69, 9.17) is 27.9 Å². The van der Waals surface area contributed by atoms with Crippen LogP contribution in [0.4, 0.5) is 0 Å². The molecular weight excluding hydrogens is 383 g/mol. The fourth-order valence-corrected chi connectivity index (χ4v) is 2.89. The number of nitrogens with one attached hydrogen (secondary N) is 1. The molecule has 6 heteroatoms. The van der Waals surface area contributed by atoms with Crippen LogP contribution in [0, 0.1) is 0 Å². The van der Waals surface area contributed by atoms with Gasteiger partial charge in [-0.1, -0.05) is 53.5 Å². The van der Waals surface area contributed by atoms with Crippen molar-refractivity contribution >= 4 is 29.1 Å². The number of carbonyl (C=O) groups excluding carboxylic acids is 1. The lowest BCUT2D eigenvalue weighted by Gasteiger charge is -2.25. The number of hydrogen-bond donors (Lipinski definition) is 1. The fraction of sp³-hybridized carbons (Fsp3) is 0.143. The molecule has 1 aromatic heterocycles. The molecule has 2 heterocycles. The number of benzene rings is 2. The van der Waals surface area contributed by atoms with Gasteiger partial charge >= 0.3 is 0 Å². The van der Waals surface area contributed by atoms with Crippen molar-refractivity contribution < 1.29 is 9.53 Å². The number of hydrogen-bond acceptors (Lipinski definition) is 3. The minimum absolute atomic E-state index is 0.0795. The van der Waals surface area contributed by atoms with E-state index in [0.717, 1.165) is 17.9 Å². The highest BCUT2D eigenvalue weighted by atomic mass is 35.5. The van der Waals surface area contributed by atoms with Gasteiger partial charge in [0.1, 0.15) is 11.4 Å². The molecule has 1 amide bonds. The van der Waals surface area contributed by atoms with Gasteiger partial charge in [-0.2, -0.15) is 0 Å². The molecule has 2 aromatic carbocycles. The molecule has 4 rings (SSSR count). The Balaban J connectivity index is 0.000000221. The summed E-state index contributed by atoms with van der Waals surface area (Å²) in [6.07, 6.45) is 2.46.